The van der Waals surface area contributed by atoms with Gasteiger partial charge in [0.2, 0.25) is 5.82 Å². The third-order valence-corrected chi connectivity index (χ3v) is 3.52. The third kappa shape index (κ3) is 3.64. The standard InChI is InChI=1S/C18H15FN2O5/c1-23-14-5-3-4-13(16(14)24-2)18(22)25-10-15-20-17(21-26-15)11-6-8-12(19)9-7-11/h3-9H,10H2,1-2H3. The number of carbonyl (C=O) groups excluding carboxylic acids is 1. The molecule has 0 radical (unpaired) electrons. The number of nitrogens with zero attached hydrogens (tertiary/aromatic N) is 2. The number of carbonyl (C=O) groups is 1. The van der Waals surface area contributed by atoms with E-state index in [-0.39, 0.29) is 35.5 Å². The predicted molar refractivity (Wildman–Crippen MR) is 88.4 cm³/mol. The fourth-order valence-corrected chi connectivity index (χ4v) is 2.28. The highest BCUT2D eigenvalue weighted by molar-refractivity contribution is 5.93. The summed E-state index contributed by atoms with van der Waals surface area (Å²) >= 11 is 0. The minimum Gasteiger partial charge on any atom is -0.493 e. The molecule has 8 heteroatoms. The van der Waals surface area contributed by atoms with Gasteiger partial charge in [0.05, 0.1) is 14.2 Å². The maximum Gasteiger partial charge on any atom is 0.342 e. The van der Waals surface area contributed by atoms with Crippen molar-refractivity contribution >= 4 is 5.97 Å². The zero-order chi connectivity index (χ0) is 18.5. The van der Waals surface area contributed by atoms with Gasteiger partial charge in [-0.3, -0.25) is 0 Å². The van der Waals surface area contributed by atoms with Gasteiger partial charge in [-0.05, 0) is 36.4 Å². The van der Waals surface area contributed by atoms with Gasteiger partial charge in [0.25, 0.3) is 5.89 Å². The summed E-state index contributed by atoms with van der Waals surface area (Å²) in [5.41, 5.74) is 0.798. The number of esters is 1. The van der Waals surface area contributed by atoms with E-state index in [1.807, 2.05) is 0 Å². The van der Waals surface area contributed by atoms with Crippen molar-refractivity contribution in [2.45, 2.75) is 6.61 Å². The molecule has 1 aromatic heterocycles. The molecule has 0 atom stereocenters. The summed E-state index contributed by atoms with van der Waals surface area (Å²) in [4.78, 5) is 16.4. The first-order valence-corrected chi connectivity index (χ1v) is 7.59. The number of halogens is 1. The molecule has 0 aliphatic carbocycles. The summed E-state index contributed by atoms with van der Waals surface area (Å²) in [5, 5.41) is 3.78. The van der Waals surface area contributed by atoms with E-state index in [2.05, 4.69) is 10.1 Å². The van der Waals surface area contributed by atoms with Crippen molar-refractivity contribution in [2.75, 3.05) is 14.2 Å². The van der Waals surface area contributed by atoms with E-state index >= 15 is 0 Å². The molecule has 3 aromatic rings. The topological polar surface area (TPSA) is 83.7 Å². The number of hydrogen-bond acceptors (Lipinski definition) is 7. The number of aromatic nitrogens is 2. The van der Waals surface area contributed by atoms with Crippen LogP contribution in [0.2, 0.25) is 0 Å². The Kier molecular flexibility index (Phi) is 5.12. The Morgan fingerprint density at radius 1 is 1.12 bits per heavy atom. The van der Waals surface area contributed by atoms with Crippen LogP contribution in [-0.4, -0.2) is 30.3 Å². The van der Waals surface area contributed by atoms with Crippen molar-refractivity contribution in [3.05, 3.63) is 59.7 Å². The average Bonchev–Trinajstić information content (AvgIpc) is 3.14. The summed E-state index contributed by atoms with van der Waals surface area (Å²) in [6, 6.07) is 10.5. The zero-order valence-corrected chi connectivity index (χ0v) is 14.1. The molecule has 0 spiro atoms. The molecule has 0 fully saturated rings. The van der Waals surface area contributed by atoms with Gasteiger partial charge < -0.3 is 18.7 Å². The molecule has 2 aromatic carbocycles. The van der Waals surface area contributed by atoms with E-state index in [1.165, 1.54) is 38.5 Å². The van der Waals surface area contributed by atoms with Crippen LogP contribution in [0.25, 0.3) is 11.4 Å². The normalized spacial score (nSPS) is 10.4. The predicted octanol–water partition coefficient (Wildman–Crippen LogP) is 3.25. The maximum absolute atomic E-state index is 13.0. The van der Waals surface area contributed by atoms with Gasteiger partial charge in [0.1, 0.15) is 11.4 Å². The van der Waals surface area contributed by atoms with Crippen molar-refractivity contribution in [3.63, 3.8) is 0 Å². The summed E-state index contributed by atoms with van der Waals surface area (Å²) in [6.07, 6.45) is 0. The molecule has 0 bridgehead atoms. The van der Waals surface area contributed by atoms with Crippen LogP contribution >= 0.6 is 0 Å². The van der Waals surface area contributed by atoms with Gasteiger partial charge in [-0.2, -0.15) is 4.98 Å². The highest BCUT2D eigenvalue weighted by Crippen LogP contribution is 2.31. The second-order valence-corrected chi connectivity index (χ2v) is 5.14. The van der Waals surface area contributed by atoms with Crippen molar-refractivity contribution < 1.29 is 27.9 Å². The van der Waals surface area contributed by atoms with Gasteiger partial charge in [0, 0.05) is 5.56 Å². The van der Waals surface area contributed by atoms with Crippen LogP contribution in [-0.2, 0) is 11.3 Å². The lowest BCUT2D eigenvalue weighted by molar-refractivity contribution is 0.0425. The van der Waals surface area contributed by atoms with E-state index in [1.54, 1.807) is 18.2 Å². The van der Waals surface area contributed by atoms with Crippen molar-refractivity contribution in [1.82, 2.24) is 10.1 Å². The number of para-hydroxylation sites is 1. The maximum atomic E-state index is 13.0. The van der Waals surface area contributed by atoms with Crippen LogP contribution in [0.1, 0.15) is 16.2 Å². The molecule has 7 nitrogen and oxygen atoms in total. The largest absolute Gasteiger partial charge is 0.493 e. The van der Waals surface area contributed by atoms with Gasteiger partial charge in [-0.1, -0.05) is 11.2 Å². The number of ether oxygens (including phenoxy) is 3. The molecule has 0 N–H and O–H groups in total. The number of methoxy groups -OCH3 is 2. The van der Waals surface area contributed by atoms with Crippen LogP contribution in [0.5, 0.6) is 11.5 Å². The molecular weight excluding hydrogens is 343 g/mol. The van der Waals surface area contributed by atoms with Crippen LogP contribution < -0.4 is 9.47 Å². The summed E-state index contributed by atoms with van der Waals surface area (Å²) in [5.74, 6) is 0.0892. The number of rotatable bonds is 6. The summed E-state index contributed by atoms with van der Waals surface area (Å²) < 4.78 is 33.6. The van der Waals surface area contributed by atoms with Gasteiger partial charge in [-0.25, -0.2) is 9.18 Å². The van der Waals surface area contributed by atoms with E-state index in [0.717, 1.165) is 0 Å². The average molecular weight is 358 g/mol. The second kappa shape index (κ2) is 7.64. The molecule has 0 aliphatic rings. The van der Waals surface area contributed by atoms with Crippen LogP contribution in [0.4, 0.5) is 4.39 Å². The Labute approximate surface area is 148 Å². The minimum atomic E-state index is -0.623. The van der Waals surface area contributed by atoms with Gasteiger partial charge in [-0.15, -0.1) is 0 Å². The smallest absolute Gasteiger partial charge is 0.342 e. The first-order valence-electron chi connectivity index (χ1n) is 7.59. The van der Waals surface area contributed by atoms with E-state index < -0.39 is 5.97 Å². The van der Waals surface area contributed by atoms with E-state index in [0.29, 0.717) is 11.3 Å². The summed E-state index contributed by atoms with van der Waals surface area (Å²) in [6.45, 7) is -0.215. The van der Waals surface area contributed by atoms with Crippen LogP contribution in [0, 0.1) is 5.82 Å². The Hall–Kier alpha value is -3.42. The second-order valence-electron chi connectivity index (χ2n) is 5.14. The quantitative estimate of drug-likeness (QED) is 0.625. The first-order chi connectivity index (χ1) is 12.6. The van der Waals surface area contributed by atoms with Crippen molar-refractivity contribution in [2.24, 2.45) is 0 Å². The molecule has 0 saturated carbocycles. The number of hydrogen-bond donors (Lipinski definition) is 0. The van der Waals surface area contributed by atoms with Gasteiger partial charge in [0.15, 0.2) is 18.1 Å². The van der Waals surface area contributed by atoms with Crippen molar-refractivity contribution in [1.29, 1.82) is 0 Å². The molecule has 1 heterocycles. The Morgan fingerprint density at radius 3 is 2.58 bits per heavy atom. The lowest BCUT2D eigenvalue weighted by Gasteiger charge is -2.11. The SMILES string of the molecule is COc1cccc(C(=O)OCc2nc(-c3ccc(F)cc3)no2)c1OC. The third-order valence-electron chi connectivity index (χ3n) is 3.52. The summed E-state index contributed by atoms with van der Waals surface area (Å²) in [7, 11) is 2.91. The van der Waals surface area contributed by atoms with Gasteiger partial charge >= 0.3 is 5.97 Å². The van der Waals surface area contributed by atoms with E-state index in [4.69, 9.17) is 18.7 Å². The molecule has 0 unspecified atom stereocenters. The van der Waals surface area contributed by atoms with Crippen molar-refractivity contribution in [3.8, 4) is 22.9 Å². The number of benzene rings is 2. The fourth-order valence-electron chi connectivity index (χ4n) is 2.28. The Balaban J connectivity index is 1.70. The van der Waals surface area contributed by atoms with Crippen LogP contribution in [0.15, 0.2) is 47.0 Å². The molecule has 134 valence electrons. The molecule has 26 heavy (non-hydrogen) atoms. The Morgan fingerprint density at radius 2 is 1.88 bits per heavy atom. The van der Waals surface area contributed by atoms with Crippen LogP contribution in [0.3, 0.4) is 0 Å². The molecule has 0 amide bonds. The zero-order valence-electron chi connectivity index (χ0n) is 14.1. The highest BCUT2D eigenvalue weighted by atomic mass is 19.1. The molecular formula is C18H15FN2O5. The highest BCUT2D eigenvalue weighted by Gasteiger charge is 2.19. The first kappa shape index (κ1) is 17.4. The molecule has 0 saturated heterocycles. The minimum absolute atomic E-state index is 0.111. The molecule has 0 aliphatic heterocycles. The lowest BCUT2D eigenvalue weighted by atomic mass is 10.2. The molecule has 3 rings (SSSR count). The monoisotopic (exact) mass is 358 g/mol. The van der Waals surface area contributed by atoms with E-state index in [9.17, 15) is 9.18 Å². The fraction of sp³-hybridized carbons (Fsp3) is 0.167. The lowest BCUT2D eigenvalue weighted by Crippen LogP contribution is -2.08. The Bertz CT molecular complexity index is 908.